The molecule has 2 heterocycles. The number of benzene rings is 1. The third kappa shape index (κ3) is 4.09. The lowest BCUT2D eigenvalue weighted by atomic mass is 10.1. The zero-order valence-corrected chi connectivity index (χ0v) is 14.9. The molecule has 1 aromatic carbocycles. The molecule has 0 aliphatic rings. The van der Waals surface area contributed by atoms with Gasteiger partial charge in [0.25, 0.3) is 0 Å². The van der Waals surface area contributed by atoms with Gasteiger partial charge in [0.2, 0.25) is 0 Å². The van der Waals surface area contributed by atoms with Gasteiger partial charge < -0.3 is 0 Å². The van der Waals surface area contributed by atoms with Crippen LogP contribution in [-0.4, -0.2) is 50.1 Å². The Morgan fingerprint density at radius 3 is 2.64 bits per heavy atom. The maximum Gasteiger partial charge on any atom is 0.154 e. The van der Waals surface area contributed by atoms with E-state index in [1.807, 2.05) is 37.6 Å². The van der Waals surface area contributed by atoms with Crippen LogP contribution in [0.1, 0.15) is 19.7 Å². The van der Waals surface area contributed by atoms with Crippen molar-refractivity contribution in [3.63, 3.8) is 0 Å². The molecule has 0 saturated carbocycles. The maximum atomic E-state index is 12.2. The van der Waals surface area contributed by atoms with Crippen LogP contribution < -0.4 is 0 Å². The van der Waals surface area contributed by atoms with Crippen LogP contribution in [0.3, 0.4) is 0 Å². The van der Waals surface area contributed by atoms with Gasteiger partial charge in [-0.3, -0.25) is 14.4 Å². The summed E-state index contributed by atoms with van der Waals surface area (Å²) in [4.78, 5) is 23.3. The zero-order chi connectivity index (χ0) is 17.8. The van der Waals surface area contributed by atoms with Crippen molar-refractivity contribution in [1.29, 1.82) is 0 Å². The predicted octanol–water partition coefficient (Wildman–Crippen LogP) is 2.48. The summed E-state index contributed by atoms with van der Waals surface area (Å²) in [5, 5.41) is 5.17. The first-order chi connectivity index (χ1) is 12.1. The maximum absolute atomic E-state index is 12.2. The second-order valence-corrected chi connectivity index (χ2v) is 6.14. The third-order valence-electron chi connectivity index (χ3n) is 4.32. The monoisotopic (exact) mass is 337 g/mol. The minimum Gasteiger partial charge on any atom is -0.298 e. The molecular formula is C19H23N5O. The quantitative estimate of drug-likeness (QED) is 0.663. The van der Waals surface area contributed by atoms with E-state index in [0.29, 0.717) is 12.4 Å². The molecule has 0 amide bonds. The fourth-order valence-corrected chi connectivity index (χ4v) is 2.83. The van der Waals surface area contributed by atoms with Crippen molar-refractivity contribution in [2.24, 2.45) is 7.05 Å². The molecule has 6 heteroatoms. The number of fused-ring (bicyclic) bond motifs is 1. The lowest BCUT2D eigenvalue weighted by Crippen LogP contribution is -2.30. The third-order valence-corrected chi connectivity index (χ3v) is 4.32. The first-order valence-corrected chi connectivity index (χ1v) is 8.57. The number of nitrogens with zero attached hydrogens (tertiary/aromatic N) is 5. The Labute approximate surface area is 147 Å². The highest BCUT2D eigenvalue weighted by molar-refractivity contribution is 5.85. The molecule has 0 unspecified atom stereocenters. The molecule has 0 saturated heterocycles. The summed E-state index contributed by atoms with van der Waals surface area (Å²) < 4.78 is 1.77. The molecule has 3 aromatic rings. The Kier molecular flexibility index (Phi) is 5.19. The SMILES string of the molecule is CCN(CC)CC(=O)Cc1ncc2ccc(-c3cnn(C)c3)cc2n1. The number of likely N-dealkylation sites (N-methyl/N-ethyl adjacent to an activating group) is 1. The highest BCUT2D eigenvalue weighted by Crippen LogP contribution is 2.22. The second-order valence-electron chi connectivity index (χ2n) is 6.14. The number of rotatable bonds is 7. The number of hydrogen-bond donors (Lipinski definition) is 0. The van der Waals surface area contributed by atoms with Gasteiger partial charge in [-0.1, -0.05) is 26.0 Å². The molecule has 0 radical (unpaired) electrons. The lowest BCUT2D eigenvalue weighted by molar-refractivity contribution is -0.119. The van der Waals surface area contributed by atoms with E-state index in [1.54, 1.807) is 10.9 Å². The minimum absolute atomic E-state index is 0.145. The van der Waals surface area contributed by atoms with Crippen molar-refractivity contribution >= 4 is 16.7 Å². The molecule has 0 spiro atoms. The summed E-state index contributed by atoms with van der Waals surface area (Å²) in [6, 6.07) is 6.06. The number of aromatic nitrogens is 4. The van der Waals surface area contributed by atoms with E-state index in [-0.39, 0.29) is 12.2 Å². The summed E-state index contributed by atoms with van der Waals surface area (Å²) in [5.74, 6) is 0.722. The van der Waals surface area contributed by atoms with Crippen LogP contribution in [0.15, 0.2) is 36.8 Å². The van der Waals surface area contributed by atoms with Gasteiger partial charge in [0.15, 0.2) is 5.78 Å². The van der Waals surface area contributed by atoms with Crippen molar-refractivity contribution in [2.75, 3.05) is 19.6 Å². The molecule has 130 valence electrons. The number of hydrogen-bond acceptors (Lipinski definition) is 5. The molecule has 2 aromatic heterocycles. The first kappa shape index (κ1) is 17.2. The Balaban J connectivity index is 1.82. The van der Waals surface area contributed by atoms with Crippen molar-refractivity contribution < 1.29 is 4.79 Å². The van der Waals surface area contributed by atoms with Crippen molar-refractivity contribution in [3.8, 4) is 11.1 Å². The standard InChI is InChI=1S/C19H23N5O/c1-4-24(5-2)13-17(25)9-19-20-10-15-7-6-14(8-18(15)22-19)16-11-21-23(3)12-16/h6-8,10-12H,4-5,9,13H2,1-3H3. The van der Waals surface area contributed by atoms with Gasteiger partial charge in [0.1, 0.15) is 5.82 Å². The minimum atomic E-state index is 0.145. The average molecular weight is 337 g/mol. The van der Waals surface area contributed by atoms with Crippen molar-refractivity contribution in [2.45, 2.75) is 20.3 Å². The Morgan fingerprint density at radius 1 is 1.16 bits per heavy atom. The summed E-state index contributed by atoms with van der Waals surface area (Å²) in [6.45, 7) is 6.31. The summed E-state index contributed by atoms with van der Waals surface area (Å²) >= 11 is 0. The Hall–Kier alpha value is -2.60. The van der Waals surface area contributed by atoms with Crippen LogP contribution in [0.4, 0.5) is 0 Å². The highest BCUT2D eigenvalue weighted by Gasteiger charge is 2.11. The fourth-order valence-electron chi connectivity index (χ4n) is 2.83. The number of ketones is 1. The van der Waals surface area contributed by atoms with Gasteiger partial charge in [-0.2, -0.15) is 5.10 Å². The van der Waals surface area contributed by atoms with Gasteiger partial charge in [0.05, 0.1) is 24.7 Å². The number of Topliss-reactive ketones (excluding diaryl/α,β-unsaturated/α-hetero) is 1. The second kappa shape index (κ2) is 7.53. The van der Waals surface area contributed by atoms with Gasteiger partial charge in [-0.25, -0.2) is 9.97 Å². The van der Waals surface area contributed by atoms with Crippen LogP contribution in [-0.2, 0) is 18.3 Å². The largest absolute Gasteiger partial charge is 0.298 e. The summed E-state index contributed by atoms with van der Waals surface area (Å²) in [6.07, 6.45) is 5.85. The Bertz CT molecular complexity index is 882. The fraction of sp³-hybridized carbons (Fsp3) is 0.368. The predicted molar refractivity (Wildman–Crippen MR) is 98.2 cm³/mol. The lowest BCUT2D eigenvalue weighted by Gasteiger charge is -2.16. The molecule has 0 bridgehead atoms. The topological polar surface area (TPSA) is 63.9 Å². The van der Waals surface area contributed by atoms with Gasteiger partial charge in [-0.05, 0) is 24.7 Å². The summed E-state index contributed by atoms with van der Waals surface area (Å²) in [5.41, 5.74) is 2.95. The van der Waals surface area contributed by atoms with Crippen LogP contribution >= 0.6 is 0 Å². The summed E-state index contributed by atoms with van der Waals surface area (Å²) in [7, 11) is 1.90. The normalized spacial score (nSPS) is 11.4. The van der Waals surface area contributed by atoms with Crippen LogP contribution in [0, 0.1) is 0 Å². The van der Waals surface area contributed by atoms with E-state index in [0.717, 1.165) is 35.1 Å². The van der Waals surface area contributed by atoms with Crippen molar-refractivity contribution in [1.82, 2.24) is 24.6 Å². The zero-order valence-electron chi connectivity index (χ0n) is 14.9. The van der Waals surface area contributed by atoms with Gasteiger partial charge >= 0.3 is 0 Å². The number of carbonyl (C=O) groups is 1. The van der Waals surface area contributed by atoms with E-state index in [9.17, 15) is 4.79 Å². The van der Waals surface area contributed by atoms with Crippen LogP contribution in [0.5, 0.6) is 0 Å². The molecule has 0 aliphatic heterocycles. The molecule has 25 heavy (non-hydrogen) atoms. The molecule has 0 fully saturated rings. The van der Waals surface area contributed by atoms with Crippen LogP contribution in [0.25, 0.3) is 22.0 Å². The number of carbonyl (C=O) groups excluding carboxylic acids is 1. The Morgan fingerprint density at radius 2 is 1.96 bits per heavy atom. The van der Waals surface area contributed by atoms with Crippen LogP contribution in [0.2, 0.25) is 0 Å². The number of aryl methyl sites for hydroxylation is 1. The first-order valence-electron chi connectivity index (χ1n) is 8.57. The molecule has 3 rings (SSSR count). The van der Waals surface area contributed by atoms with E-state index >= 15 is 0 Å². The van der Waals surface area contributed by atoms with Gasteiger partial charge in [0, 0.05) is 30.4 Å². The highest BCUT2D eigenvalue weighted by atomic mass is 16.1. The van der Waals surface area contributed by atoms with Crippen molar-refractivity contribution in [3.05, 3.63) is 42.6 Å². The molecule has 0 N–H and O–H groups in total. The molecular weight excluding hydrogens is 314 g/mol. The van der Waals surface area contributed by atoms with E-state index in [1.165, 1.54) is 0 Å². The smallest absolute Gasteiger partial charge is 0.154 e. The van der Waals surface area contributed by atoms with E-state index in [2.05, 4.69) is 33.8 Å². The van der Waals surface area contributed by atoms with E-state index in [4.69, 9.17) is 0 Å². The molecule has 0 aliphatic carbocycles. The van der Waals surface area contributed by atoms with E-state index < -0.39 is 0 Å². The molecule has 6 nitrogen and oxygen atoms in total. The molecule has 0 atom stereocenters. The van der Waals surface area contributed by atoms with Gasteiger partial charge in [-0.15, -0.1) is 0 Å². The average Bonchev–Trinajstić information content (AvgIpc) is 3.05.